The largest absolute Gasteiger partial charge is 0.461 e. The lowest BCUT2D eigenvalue weighted by atomic mass is 9.80. The molecule has 0 fully saturated rings. The molecule has 17 heavy (non-hydrogen) atoms. The SMILES string of the molecule is CC(C)C(OC(=O)C(C)(C)C(C)(C)S)C(C)C. The van der Waals surface area contributed by atoms with Crippen LogP contribution in [-0.4, -0.2) is 16.8 Å². The summed E-state index contributed by atoms with van der Waals surface area (Å²) in [5.41, 5.74) is -0.599. The van der Waals surface area contributed by atoms with Crippen molar-refractivity contribution in [1.29, 1.82) is 0 Å². The lowest BCUT2D eigenvalue weighted by Crippen LogP contribution is -2.44. The zero-order valence-electron chi connectivity index (χ0n) is 12.5. The predicted molar refractivity (Wildman–Crippen MR) is 76.4 cm³/mol. The molecule has 0 atom stereocenters. The van der Waals surface area contributed by atoms with Gasteiger partial charge in [0.25, 0.3) is 0 Å². The number of hydrogen-bond donors (Lipinski definition) is 1. The third kappa shape index (κ3) is 4.20. The Morgan fingerprint density at radius 1 is 1.00 bits per heavy atom. The molecular formula is C14H28O2S. The van der Waals surface area contributed by atoms with Crippen LogP contribution < -0.4 is 0 Å². The Morgan fingerprint density at radius 2 is 1.35 bits per heavy atom. The molecule has 0 aromatic rings. The number of ether oxygens (including phenoxy) is 1. The molecule has 0 bridgehead atoms. The summed E-state index contributed by atoms with van der Waals surface area (Å²) in [5.74, 6) is 0.500. The fourth-order valence-corrected chi connectivity index (χ4v) is 1.65. The quantitative estimate of drug-likeness (QED) is 0.598. The third-order valence-corrected chi connectivity index (χ3v) is 4.16. The van der Waals surface area contributed by atoms with Crippen LogP contribution in [0.5, 0.6) is 0 Å². The van der Waals surface area contributed by atoms with Gasteiger partial charge in [-0.15, -0.1) is 0 Å². The molecule has 0 N–H and O–H groups in total. The fourth-order valence-electron chi connectivity index (χ4n) is 1.56. The summed E-state index contributed by atoms with van der Waals surface area (Å²) in [6, 6.07) is 0. The van der Waals surface area contributed by atoms with Gasteiger partial charge in [0.2, 0.25) is 0 Å². The summed E-state index contributed by atoms with van der Waals surface area (Å²) in [6.45, 7) is 16.0. The number of hydrogen-bond acceptors (Lipinski definition) is 3. The highest BCUT2D eigenvalue weighted by molar-refractivity contribution is 7.81. The summed E-state index contributed by atoms with van der Waals surface area (Å²) >= 11 is 4.50. The van der Waals surface area contributed by atoms with E-state index in [0.29, 0.717) is 11.8 Å². The lowest BCUT2D eigenvalue weighted by molar-refractivity contribution is -0.166. The van der Waals surface area contributed by atoms with Crippen LogP contribution in [0.3, 0.4) is 0 Å². The molecule has 102 valence electrons. The van der Waals surface area contributed by atoms with Gasteiger partial charge in [-0.2, -0.15) is 12.6 Å². The van der Waals surface area contributed by atoms with Crippen molar-refractivity contribution in [2.24, 2.45) is 17.3 Å². The van der Waals surface area contributed by atoms with Crippen LogP contribution >= 0.6 is 12.6 Å². The monoisotopic (exact) mass is 260 g/mol. The fraction of sp³-hybridized carbons (Fsp3) is 0.929. The molecule has 2 nitrogen and oxygen atoms in total. The number of thiol groups is 1. The van der Waals surface area contributed by atoms with Crippen molar-refractivity contribution in [1.82, 2.24) is 0 Å². The minimum atomic E-state index is -0.599. The van der Waals surface area contributed by atoms with Gasteiger partial charge in [-0.1, -0.05) is 27.7 Å². The molecule has 0 aliphatic rings. The molecule has 0 amide bonds. The Balaban J connectivity index is 4.85. The number of carbonyl (C=O) groups is 1. The van der Waals surface area contributed by atoms with E-state index >= 15 is 0 Å². The average Bonchev–Trinajstić information content (AvgIpc) is 2.10. The molecule has 0 aromatic carbocycles. The molecule has 0 rings (SSSR count). The Hall–Kier alpha value is -0.180. The standard InChI is InChI=1S/C14H28O2S/c1-9(2)11(10(3)4)16-12(15)13(5,6)14(7,8)17/h9-11,17H,1-8H3. The van der Waals surface area contributed by atoms with E-state index in [1.165, 1.54) is 0 Å². The molecule has 0 saturated carbocycles. The van der Waals surface area contributed by atoms with Crippen LogP contribution in [0.15, 0.2) is 0 Å². The van der Waals surface area contributed by atoms with E-state index in [9.17, 15) is 4.79 Å². The van der Waals surface area contributed by atoms with Crippen LogP contribution in [-0.2, 0) is 9.53 Å². The van der Waals surface area contributed by atoms with Crippen molar-refractivity contribution in [3.63, 3.8) is 0 Å². The van der Waals surface area contributed by atoms with Gasteiger partial charge >= 0.3 is 5.97 Å². The molecule has 0 spiro atoms. The number of carbonyl (C=O) groups excluding carboxylic acids is 1. The summed E-state index contributed by atoms with van der Waals surface area (Å²) in [6.07, 6.45) is -0.0301. The van der Waals surface area contributed by atoms with Gasteiger partial charge in [0.05, 0.1) is 5.41 Å². The van der Waals surface area contributed by atoms with Gasteiger partial charge < -0.3 is 4.74 Å². The maximum Gasteiger partial charge on any atom is 0.313 e. The molecule has 0 heterocycles. The van der Waals surface area contributed by atoms with Crippen LogP contribution in [0, 0.1) is 17.3 Å². The van der Waals surface area contributed by atoms with Gasteiger partial charge in [0.15, 0.2) is 0 Å². The van der Waals surface area contributed by atoms with Crippen LogP contribution in [0.4, 0.5) is 0 Å². The van der Waals surface area contributed by atoms with Crippen LogP contribution in [0.1, 0.15) is 55.4 Å². The molecule has 0 aliphatic heterocycles. The predicted octanol–water partition coefficient (Wildman–Crippen LogP) is 3.94. The minimum absolute atomic E-state index is 0.0301. The first-order valence-corrected chi connectivity index (χ1v) is 6.79. The highest BCUT2D eigenvalue weighted by Crippen LogP contribution is 2.37. The van der Waals surface area contributed by atoms with Gasteiger partial charge in [-0.05, 0) is 39.5 Å². The van der Waals surface area contributed by atoms with E-state index < -0.39 is 10.2 Å². The van der Waals surface area contributed by atoms with Crippen molar-refractivity contribution in [3.05, 3.63) is 0 Å². The Morgan fingerprint density at radius 3 is 1.59 bits per heavy atom. The molecule has 0 saturated heterocycles. The van der Waals surface area contributed by atoms with E-state index in [1.54, 1.807) is 0 Å². The minimum Gasteiger partial charge on any atom is -0.461 e. The first-order valence-electron chi connectivity index (χ1n) is 6.34. The molecular weight excluding hydrogens is 232 g/mol. The van der Waals surface area contributed by atoms with E-state index in [-0.39, 0.29) is 12.1 Å². The van der Waals surface area contributed by atoms with Crippen molar-refractivity contribution >= 4 is 18.6 Å². The second kappa shape index (κ2) is 5.64. The Kier molecular flexibility index (Phi) is 5.58. The highest BCUT2D eigenvalue weighted by Gasteiger charge is 2.43. The van der Waals surface area contributed by atoms with Crippen LogP contribution in [0.25, 0.3) is 0 Å². The number of esters is 1. The van der Waals surface area contributed by atoms with E-state index in [0.717, 1.165) is 0 Å². The molecule has 0 radical (unpaired) electrons. The second-order valence-electron chi connectivity index (χ2n) is 6.54. The second-order valence-corrected chi connectivity index (χ2v) is 7.66. The normalized spacial score (nSPS) is 13.6. The lowest BCUT2D eigenvalue weighted by Gasteiger charge is -2.37. The van der Waals surface area contributed by atoms with E-state index in [1.807, 2.05) is 27.7 Å². The summed E-state index contributed by atoms with van der Waals surface area (Å²) in [7, 11) is 0. The van der Waals surface area contributed by atoms with E-state index in [2.05, 4.69) is 40.3 Å². The average molecular weight is 260 g/mol. The Bertz CT molecular complexity index is 254. The van der Waals surface area contributed by atoms with Gasteiger partial charge in [-0.25, -0.2) is 0 Å². The topological polar surface area (TPSA) is 26.3 Å². The van der Waals surface area contributed by atoms with E-state index in [4.69, 9.17) is 4.74 Å². The Labute approximate surface area is 112 Å². The van der Waals surface area contributed by atoms with Gasteiger partial charge in [0.1, 0.15) is 6.10 Å². The summed E-state index contributed by atoms with van der Waals surface area (Å²) in [4.78, 5) is 12.3. The first kappa shape index (κ1) is 16.8. The zero-order chi connectivity index (χ0) is 14.0. The van der Waals surface area contributed by atoms with Crippen molar-refractivity contribution in [2.75, 3.05) is 0 Å². The maximum absolute atomic E-state index is 12.3. The highest BCUT2D eigenvalue weighted by atomic mass is 32.1. The van der Waals surface area contributed by atoms with Gasteiger partial charge in [0, 0.05) is 4.75 Å². The first-order chi connectivity index (χ1) is 7.41. The smallest absolute Gasteiger partial charge is 0.313 e. The number of rotatable bonds is 5. The molecule has 0 unspecified atom stereocenters. The molecule has 0 aliphatic carbocycles. The van der Waals surface area contributed by atoms with Gasteiger partial charge in [-0.3, -0.25) is 4.79 Å². The summed E-state index contributed by atoms with van der Waals surface area (Å²) < 4.78 is 5.28. The van der Waals surface area contributed by atoms with Crippen molar-refractivity contribution in [3.8, 4) is 0 Å². The molecule has 0 aromatic heterocycles. The third-order valence-electron chi connectivity index (χ3n) is 3.60. The zero-order valence-corrected chi connectivity index (χ0v) is 13.4. The molecule has 3 heteroatoms. The van der Waals surface area contributed by atoms with Crippen molar-refractivity contribution < 1.29 is 9.53 Å². The van der Waals surface area contributed by atoms with Crippen LogP contribution in [0.2, 0.25) is 0 Å². The van der Waals surface area contributed by atoms with Crippen molar-refractivity contribution in [2.45, 2.75) is 66.2 Å². The maximum atomic E-state index is 12.3. The summed E-state index contributed by atoms with van der Waals surface area (Å²) in [5, 5.41) is 0.